The number of carboxylic acid groups (broad SMARTS) is 2. The molecule has 0 bridgehead atoms. The van der Waals surface area contributed by atoms with Crippen molar-refractivity contribution >= 4 is 17.8 Å². The third kappa shape index (κ3) is 4.34. The van der Waals surface area contributed by atoms with Crippen LogP contribution in [0.25, 0.3) is 0 Å². The Balaban J connectivity index is 2.87. The molecule has 8 heteroatoms. The first kappa shape index (κ1) is 14.6. The second-order valence-electron chi connectivity index (χ2n) is 3.62. The van der Waals surface area contributed by atoms with Crippen molar-refractivity contribution in [2.24, 2.45) is 0 Å². The topological polar surface area (TPSA) is 104 Å². The highest BCUT2D eigenvalue weighted by atomic mass is 19.1. The van der Waals surface area contributed by atoms with Gasteiger partial charge in [-0.2, -0.15) is 0 Å². The lowest BCUT2D eigenvalue weighted by Crippen LogP contribution is -2.42. The van der Waals surface area contributed by atoms with E-state index < -0.39 is 47.5 Å². The summed E-state index contributed by atoms with van der Waals surface area (Å²) >= 11 is 0. The van der Waals surface area contributed by atoms with Crippen LogP contribution in [0.4, 0.5) is 8.78 Å². The summed E-state index contributed by atoms with van der Waals surface area (Å²) in [7, 11) is 0. The Kier molecular flexibility index (Phi) is 4.51. The predicted molar refractivity (Wildman–Crippen MR) is 57.5 cm³/mol. The number of aliphatic carboxylic acids is 2. The minimum absolute atomic E-state index is 0.436. The van der Waals surface area contributed by atoms with Crippen LogP contribution in [0.1, 0.15) is 16.8 Å². The Morgan fingerprint density at radius 1 is 1.11 bits per heavy atom. The van der Waals surface area contributed by atoms with Crippen LogP contribution >= 0.6 is 0 Å². The molecule has 0 aliphatic heterocycles. The maximum absolute atomic E-state index is 12.9. The SMILES string of the molecule is O=C(O)C[C@H](NC(=O)c1cc(F)cc(F)c1)C(=O)O. The fourth-order valence-corrected chi connectivity index (χ4v) is 1.30. The minimum atomic E-state index is -1.68. The third-order valence-electron chi connectivity index (χ3n) is 2.11. The lowest BCUT2D eigenvalue weighted by molar-refractivity contribution is -0.145. The minimum Gasteiger partial charge on any atom is -0.481 e. The third-order valence-corrected chi connectivity index (χ3v) is 2.11. The van der Waals surface area contributed by atoms with E-state index in [9.17, 15) is 23.2 Å². The van der Waals surface area contributed by atoms with Gasteiger partial charge in [0, 0.05) is 11.6 Å². The van der Waals surface area contributed by atoms with E-state index in [1.165, 1.54) is 0 Å². The number of halogens is 2. The molecular formula is C11H9F2NO5. The first-order valence-electron chi connectivity index (χ1n) is 5.01. The molecule has 0 heterocycles. The summed E-state index contributed by atoms with van der Waals surface area (Å²) in [4.78, 5) is 32.7. The molecule has 102 valence electrons. The van der Waals surface area contributed by atoms with Crippen molar-refractivity contribution < 1.29 is 33.4 Å². The molecule has 1 rings (SSSR count). The summed E-state index contributed by atoms with van der Waals surface area (Å²) in [6, 6.07) is 0.273. The van der Waals surface area contributed by atoms with Crippen LogP contribution in [0.2, 0.25) is 0 Å². The van der Waals surface area contributed by atoms with Crippen LogP contribution < -0.4 is 5.32 Å². The largest absolute Gasteiger partial charge is 0.481 e. The highest BCUT2D eigenvalue weighted by Crippen LogP contribution is 2.08. The molecule has 1 aromatic rings. The molecule has 0 fully saturated rings. The Morgan fingerprint density at radius 3 is 2.05 bits per heavy atom. The van der Waals surface area contributed by atoms with Crippen molar-refractivity contribution in [1.29, 1.82) is 0 Å². The molecule has 0 aliphatic rings. The van der Waals surface area contributed by atoms with Crippen molar-refractivity contribution in [3.8, 4) is 0 Å². The molecule has 0 aromatic heterocycles. The highest BCUT2D eigenvalue weighted by Gasteiger charge is 2.23. The molecule has 1 amide bonds. The van der Waals surface area contributed by atoms with Gasteiger partial charge in [-0.1, -0.05) is 0 Å². The van der Waals surface area contributed by atoms with E-state index in [1.807, 2.05) is 5.32 Å². The van der Waals surface area contributed by atoms with Gasteiger partial charge < -0.3 is 15.5 Å². The van der Waals surface area contributed by atoms with E-state index in [4.69, 9.17) is 10.2 Å². The molecule has 0 saturated carbocycles. The molecule has 0 saturated heterocycles. The zero-order valence-electron chi connectivity index (χ0n) is 9.39. The fourth-order valence-electron chi connectivity index (χ4n) is 1.30. The van der Waals surface area contributed by atoms with E-state index in [0.717, 1.165) is 0 Å². The summed E-state index contributed by atoms with van der Waals surface area (Å²) in [6.45, 7) is 0. The predicted octanol–water partition coefficient (Wildman–Crippen LogP) is 0.622. The van der Waals surface area contributed by atoms with Crippen molar-refractivity contribution in [2.45, 2.75) is 12.5 Å². The van der Waals surface area contributed by atoms with Gasteiger partial charge >= 0.3 is 11.9 Å². The molecule has 19 heavy (non-hydrogen) atoms. The van der Waals surface area contributed by atoms with Crippen molar-refractivity contribution in [1.82, 2.24) is 5.32 Å². The van der Waals surface area contributed by atoms with E-state index in [0.29, 0.717) is 18.2 Å². The quantitative estimate of drug-likeness (QED) is 0.729. The Morgan fingerprint density at radius 2 is 1.63 bits per heavy atom. The van der Waals surface area contributed by atoms with E-state index >= 15 is 0 Å². The average Bonchev–Trinajstić information content (AvgIpc) is 2.25. The van der Waals surface area contributed by atoms with Gasteiger partial charge in [0.2, 0.25) is 0 Å². The van der Waals surface area contributed by atoms with Crippen LogP contribution in [0.3, 0.4) is 0 Å². The number of benzene rings is 1. The van der Waals surface area contributed by atoms with Gasteiger partial charge in [-0.25, -0.2) is 13.6 Å². The number of rotatable bonds is 5. The zero-order chi connectivity index (χ0) is 14.6. The maximum atomic E-state index is 12.9. The number of amides is 1. The normalized spacial score (nSPS) is 11.7. The number of nitrogens with one attached hydrogen (secondary N) is 1. The highest BCUT2D eigenvalue weighted by molar-refractivity contribution is 5.97. The van der Waals surface area contributed by atoms with E-state index in [2.05, 4.69) is 0 Å². The van der Waals surface area contributed by atoms with Gasteiger partial charge in [-0.3, -0.25) is 9.59 Å². The van der Waals surface area contributed by atoms with Gasteiger partial charge in [0.25, 0.3) is 5.91 Å². The van der Waals surface area contributed by atoms with Crippen LogP contribution in [-0.4, -0.2) is 34.1 Å². The van der Waals surface area contributed by atoms with E-state index in [1.54, 1.807) is 0 Å². The van der Waals surface area contributed by atoms with Crippen LogP contribution in [0, 0.1) is 11.6 Å². The smallest absolute Gasteiger partial charge is 0.326 e. The number of carboxylic acids is 2. The second kappa shape index (κ2) is 5.89. The van der Waals surface area contributed by atoms with Gasteiger partial charge in [0.15, 0.2) is 0 Å². The molecule has 0 aliphatic carbocycles. The molecule has 1 atom stereocenters. The average molecular weight is 273 g/mol. The van der Waals surface area contributed by atoms with Crippen molar-refractivity contribution in [3.63, 3.8) is 0 Å². The van der Waals surface area contributed by atoms with Crippen molar-refractivity contribution in [2.75, 3.05) is 0 Å². The second-order valence-corrected chi connectivity index (χ2v) is 3.62. The van der Waals surface area contributed by atoms with Crippen molar-refractivity contribution in [3.05, 3.63) is 35.4 Å². The Labute approximate surface area is 105 Å². The zero-order valence-corrected chi connectivity index (χ0v) is 9.39. The Hall–Kier alpha value is -2.51. The summed E-state index contributed by atoms with van der Waals surface area (Å²) in [5.74, 6) is -6.08. The summed E-state index contributed by atoms with van der Waals surface area (Å²) < 4.78 is 25.7. The maximum Gasteiger partial charge on any atom is 0.326 e. The van der Waals surface area contributed by atoms with Gasteiger partial charge in [0.05, 0.1) is 6.42 Å². The monoisotopic (exact) mass is 273 g/mol. The van der Waals surface area contributed by atoms with Gasteiger partial charge in [-0.05, 0) is 12.1 Å². The lowest BCUT2D eigenvalue weighted by Gasteiger charge is -2.12. The molecule has 0 spiro atoms. The van der Waals surface area contributed by atoms with E-state index in [-0.39, 0.29) is 0 Å². The van der Waals surface area contributed by atoms with Crippen LogP contribution in [0.15, 0.2) is 18.2 Å². The summed E-state index contributed by atoms with van der Waals surface area (Å²) in [5, 5.41) is 19.0. The van der Waals surface area contributed by atoms with Crippen LogP contribution in [-0.2, 0) is 9.59 Å². The van der Waals surface area contributed by atoms with Gasteiger partial charge in [0.1, 0.15) is 17.7 Å². The first-order chi connectivity index (χ1) is 8.79. The summed E-state index contributed by atoms with van der Waals surface area (Å²) in [6.07, 6.45) is -0.848. The number of carbonyl (C=O) groups excluding carboxylic acids is 1. The Bertz CT molecular complexity index is 512. The summed E-state index contributed by atoms with van der Waals surface area (Å²) in [5.41, 5.74) is -0.436. The molecule has 1 aromatic carbocycles. The van der Waals surface area contributed by atoms with Crippen LogP contribution in [0.5, 0.6) is 0 Å². The molecule has 0 radical (unpaired) electrons. The number of hydrogen-bond donors (Lipinski definition) is 3. The molecule has 6 nitrogen and oxygen atoms in total. The lowest BCUT2D eigenvalue weighted by atomic mass is 10.1. The number of hydrogen-bond acceptors (Lipinski definition) is 3. The fraction of sp³-hybridized carbons (Fsp3) is 0.182. The molecular weight excluding hydrogens is 264 g/mol. The molecule has 3 N–H and O–H groups in total. The standard InChI is InChI=1S/C11H9F2NO5/c12-6-1-5(2-7(13)3-6)10(17)14-8(11(18)19)4-9(15)16/h1-3,8H,4H2,(H,14,17)(H,15,16)(H,18,19)/t8-/m0/s1. The first-order valence-corrected chi connectivity index (χ1v) is 5.01. The molecule has 0 unspecified atom stereocenters. The van der Waals surface area contributed by atoms with Gasteiger partial charge in [-0.15, -0.1) is 0 Å². The number of carbonyl (C=O) groups is 3.